The lowest BCUT2D eigenvalue weighted by Gasteiger charge is -2.29. The van der Waals surface area contributed by atoms with Crippen LogP contribution in [0.5, 0.6) is 0 Å². The fourth-order valence-corrected chi connectivity index (χ4v) is 5.62. The Morgan fingerprint density at radius 1 is 1.09 bits per heavy atom. The average molecular weight is 480 g/mol. The zero-order valence-electron chi connectivity index (χ0n) is 18.9. The van der Waals surface area contributed by atoms with E-state index in [9.17, 15) is 13.2 Å². The number of rotatable bonds is 5. The van der Waals surface area contributed by atoms with Gasteiger partial charge in [-0.1, -0.05) is 12.1 Å². The molecule has 0 bridgehead atoms. The van der Waals surface area contributed by atoms with E-state index in [2.05, 4.69) is 20.3 Å². The smallest absolute Gasteiger partial charge is 0.262 e. The van der Waals surface area contributed by atoms with E-state index in [0.717, 1.165) is 11.0 Å². The molecule has 1 aliphatic rings. The highest BCUT2D eigenvalue weighted by atomic mass is 32.2. The van der Waals surface area contributed by atoms with Crippen LogP contribution in [-0.4, -0.2) is 55.8 Å². The van der Waals surface area contributed by atoms with E-state index in [1.54, 1.807) is 37.1 Å². The maximum atomic E-state index is 12.9. The second-order valence-corrected chi connectivity index (χ2v) is 10.3. The number of piperidine rings is 1. The number of para-hydroxylation sites is 2. The van der Waals surface area contributed by atoms with E-state index in [1.807, 2.05) is 34.9 Å². The summed E-state index contributed by atoms with van der Waals surface area (Å²) in [5.74, 6) is 0.936. The maximum absolute atomic E-state index is 12.9. The first-order valence-corrected chi connectivity index (χ1v) is 12.5. The molecule has 0 spiro atoms. The molecule has 3 aromatic heterocycles. The normalized spacial score (nSPS) is 15.6. The van der Waals surface area contributed by atoms with Crippen LogP contribution in [0, 0.1) is 12.8 Å². The van der Waals surface area contributed by atoms with Gasteiger partial charge >= 0.3 is 0 Å². The Labute approximate surface area is 197 Å². The average Bonchev–Trinajstić information content (AvgIpc) is 3.43. The first-order valence-electron chi connectivity index (χ1n) is 11.0. The number of pyridine rings is 1. The van der Waals surface area contributed by atoms with Crippen LogP contribution >= 0.6 is 0 Å². The van der Waals surface area contributed by atoms with Crippen molar-refractivity contribution in [3.63, 3.8) is 0 Å². The van der Waals surface area contributed by atoms with E-state index in [-0.39, 0.29) is 29.9 Å². The first-order chi connectivity index (χ1) is 16.3. The van der Waals surface area contributed by atoms with E-state index in [0.29, 0.717) is 30.2 Å². The Bertz CT molecular complexity index is 1430. The molecule has 4 aromatic rings. The molecule has 0 saturated carbocycles. The third-order valence-electron chi connectivity index (χ3n) is 6.23. The summed E-state index contributed by atoms with van der Waals surface area (Å²) in [6, 6.07) is 11.4. The molecule has 0 aliphatic carbocycles. The first kappa shape index (κ1) is 22.2. The number of benzene rings is 1. The number of amides is 1. The number of hydrogen-bond acceptors (Lipinski definition) is 6. The molecule has 1 fully saturated rings. The Kier molecular flexibility index (Phi) is 5.66. The lowest BCUT2D eigenvalue weighted by molar-refractivity contribution is -0.120. The second-order valence-electron chi connectivity index (χ2n) is 8.41. The van der Waals surface area contributed by atoms with Crippen LogP contribution in [0.15, 0.2) is 60.1 Å². The number of nitrogens with zero attached hydrogens (tertiary/aromatic N) is 6. The number of sulfonamides is 1. The predicted molar refractivity (Wildman–Crippen MR) is 127 cm³/mol. The molecule has 5 rings (SSSR count). The van der Waals surface area contributed by atoms with Gasteiger partial charge in [-0.05, 0) is 44.0 Å². The molecule has 4 heterocycles. The number of imidazole rings is 2. The van der Waals surface area contributed by atoms with Gasteiger partial charge in [0.15, 0.2) is 5.03 Å². The molecular weight excluding hydrogens is 454 g/mol. The molecule has 0 radical (unpaired) electrons. The van der Waals surface area contributed by atoms with Crippen LogP contribution in [0.3, 0.4) is 0 Å². The molecular formula is C23H25N7O3S. The zero-order valence-corrected chi connectivity index (χ0v) is 19.7. The Balaban J connectivity index is 1.21. The van der Waals surface area contributed by atoms with Crippen LogP contribution in [0.4, 0.5) is 5.69 Å². The van der Waals surface area contributed by atoms with Gasteiger partial charge in [-0.25, -0.2) is 23.4 Å². The Morgan fingerprint density at radius 3 is 2.53 bits per heavy atom. The van der Waals surface area contributed by atoms with Crippen LogP contribution in [0.25, 0.3) is 16.9 Å². The SMILES string of the molecule is Cc1nc(S(=O)(=O)N2CCC(C(=O)Nc3ccc(-n4cnc5ccccc54)nc3)CC2)cn1C. The highest BCUT2D eigenvalue weighted by molar-refractivity contribution is 7.89. The van der Waals surface area contributed by atoms with Crippen molar-refractivity contribution in [2.45, 2.75) is 24.8 Å². The van der Waals surface area contributed by atoms with Crippen LogP contribution in [-0.2, 0) is 21.9 Å². The Morgan fingerprint density at radius 2 is 1.85 bits per heavy atom. The van der Waals surface area contributed by atoms with Gasteiger partial charge < -0.3 is 9.88 Å². The number of aromatic nitrogens is 5. The van der Waals surface area contributed by atoms with E-state index < -0.39 is 10.0 Å². The predicted octanol–water partition coefficient (Wildman–Crippen LogP) is 2.50. The van der Waals surface area contributed by atoms with Crippen molar-refractivity contribution in [1.29, 1.82) is 0 Å². The summed E-state index contributed by atoms with van der Waals surface area (Å²) in [6.07, 6.45) is 5.75. The van der Waals surface area contributed by atoms with Gasteiger partial charge in [0.25, 0.3) is 10.0 Å². The quantitative estimate of drug-likeness (QED) is 0.470. The second kappa shape index (κ2) is 8.65. The van der Waals surface area contributed by atoms with E-state index >= 15 is 0 Å². The van der Waals surface area contributed by atoms with Gasteiger partial charge in [0, 0.05) is 32.3 Å². The lowest BCUT2D eigenvalue weighted by atomic mass is 9.97. The Hall–Kier alpha value is -3.57. The maximum Gasteiger partial charge on any atom is 0.262 e. The van der Waals surface area contributed by atoms with E-state index in [4.69, 9.17) is 0 Å². The van der Waals surface area contributed by atoms with Crippen LogP contribution in [0.2, 0.25) is 0 Å². The van der Waals surface area contributed by atoms with Crippen molar-refractivity contribution in [2.75, 3.05) is 18.4 Å². The number of aryl methyl sites for hydroxylation is 2. The summed E-state index contributed by atoms with van der Waals surface area (Å²) in [6.45, 7) is 2.32. The number of carbonyl (C=O) groups is 1. The molecule has 1 saturated heterocycles. The van der Waals surface area contributed by atoms with Gasteiger partial charge in [-0.2, -0.15) is 4.31 Å². The summed E-state index contributed by atoms with van der Waals surface area (Å²) in [5, 5.41) is 2.96. The summed E-state index contributed by atoms with van der Waals surface area (Å²) >= 11 is 0. The highest BCUT2D eigenvalue weighted by Crippen LogP contribution is 2.25. The van der Waals surface area contributed by atoms with Crippen molar-refractivity contribution in [3.8, 4) is 5.82 Å². The largest absolute Gasteiger partial charge is 0.337 e. The molecule has 1 amide bonds. The van der Waals surface area contributed by atoms with Gasteiger partial charge in [0.05, 0.1) is 22.9 Å². The molecule has 176 valence electrons. The molecule has 1 N–H and O–H groups in total. The summed E-state index contributed by atoms with van der Waals surface area (Å²) < 4.78 is 30.7. The van der Waals surface area contributed by atoms with Gasteiger partial charge in [-0.3, -0.25) is 9.36 Å². The number of fused-ring (bicyclic) bond motifs is 1. The van der Waals surface area contributed by atoms with Crippen molar-refractivity contribution < 1.29 is 13.2 Å². The van der Waals surface area contributed by atoms with Crippen LogP contribution in [0.1, 0.15) is 18.7 Å². The third kappa shape index (κ3) is 4.08. The van der Waals surface area contributed by atoms with Crippen molar-refractivity contribution in [3.05, 3.63) is 60.9 Å². The number of hydrogen-bond donors (Lipinski definition) is 1. The lowest BCUT2D eigenvalue weighted by Crippen LogP contribution is -2.41. The van der Waals surface area contributed by atoms with Crippen LogP contribution < -0.4 is 5.32 Å². The van der Waals surface area contributed by atoms with E-state index in [1.165, 1.54) is 10.5 Å². The summed E-state index contributed by atoms with van der Waals surface area (Å²) in [4.78, 5) is 25.8. The zero-order chi connectivity index (χ0) is 23.9. The van der Waals surface area contributed by atoms with Crippen molar-refractivity contribution >= 4 is 32.7 Å². The third-order valence-corrected chi connectivity index (χ3v) is 8.00. The molecule has 11 heteroatoms. The fraction of sp³-hybridized carbons (Fsp3) is 0.304. The topological polar surface area (TPSA) is 115 Å². The van der Waals surface area contributed by atoms with Crippen molar-refractivity contribution in [1.82, 2.24) is 28.4 Å². The monoisotopic (exact) mass is 479 g/mol. The fourth-order valence-electron chi connectivity index (χ4n) is 4.13. The molecule has 0 atom stereocenters. The highest BCUT2D eigenvalue weighted by Gasteiger charge is 2.33. The minimum atomic E-state index is -3.66. The molecule has 34 heavy (non-hydrogen) atoms. The molecule has 1 aliphatic heterocycles. The number of carbonyl (C=O) groups excluding carboxylic acids is 1. The molecule has 0 unspecified atom stereocenters. The van der Waals surface area contributed by atoms with Gasteiger partial charge in [0.1, 0.15) is 18.0 Å². The number of nitrogens with one attached hydrogen (secondary N) is 1. The summed E-state index contributed by atoms with van der Waals surface area (Å²) in [7, 11) is -1.90. The van der Waals surface area contributed by atoms with Gasteiger partial charge in [-0.15, -0.1) is 0 Å². The minimum absolute atomic E-state index is 0.0484. The van der Waals surface area contributed by atoms with Gasteiger partial charge in [0.2, 0.25) is 5.91 Å². The number of anilines is 1. The minimum Gasteiger partial charge on any atom is -0.337 e. The standard InChI is InChI=1S/C23H25N7O3S/c1-16-26-22(14-28(16)2)34(32,33)29-11-9-17(10-12-29)23(31)27-18-7-8-21(24-13-18)30-15-25-19-5-3-4-6-20(19)30/h3-8,13-15,17H,9-12H2,1-2H3,(H,27,31). The molecule has 10 nitrogen and oxygen atoms in total. The van der Waals surface area contributed by atoms with Crippen molar-refractivity contribution in [2.24, 2.45) is 13.0 Å². The summed E-state index contributed by atoms with van der Waals surface area (Å²) in [5.41, 5.74) is 2.43. The molecule has 1 aromatic carbocycles.